The zero-order valence-corrected chi connectivity index (χ0v) is 16.7. The molecular weight excluding hydrogens is 344 g/mol. The molecule has 0 aliphatic heterocycles. The summed E-state index contributed by atoms with van der Waals surface area (Å²) in [5, 5.41) is 0. The minimum absolute atomic E-state index is 0.0204. The number of allylic oxidation sites excluding steroid dienone is 5. The number of Topliss-reactive ketones (excluding diaryl/α,β-unsaturated/α-hetero) is 1. The molecule has 2 aliphatic rings. The van der Waals surface area contributed by atoms with Crippen molar-refractivity contribution in [1.82, 2.24) is 0 Å². The maximum absolute atomic E-state index is 12.7. The lowest BCUT2D eigenvalue weighted by Gasteiger charge is -2.13. The van der Waals surface area contributed by atoms with E-state index >= 15 is 0 Å². The van der Waals surface area contributed by atoms with Crippen molar-refractivity contribution in [2.45, 2.75) is 46.6 Å². The largest absolute Gasteiger partial charge is 0.466 e. The molecule has 27 heavy (non-hydrogen) atoms. The quantitative estimate of drug-likeness (QED) is 0.387. The average molecular weight is 372 g/mol. The highest BCUT2D eigenvalue weighted by Gasteiger charge is 2.62. The highest BCUT2D eigenvalue weighted by atomic mass is 16.5. The molecule has 2 rings (SSSR count). The van der Waals surface area contributed by atoms with Gasteiger partial charge in [0.1, 0.15) is 6.10 Å². The minimum atomic E-state index is -0.500. The molecule has 0 aromatic carbocycles. The Kier molecular flexibility index (Phi) is 6.24. The fourth-order valence-corrected chi connectivity index (χ4v) is 3.70. The number of esters is 2. The van der Waals surface area contributed by atoms with E-state index in [1.165, 1.54) is 7.11 Å². The second-order valence-electron chi connectivity index (χ2n) is 7.75. The smallest absolute Gasteiger partial charge is 0.333 e. The molecule has 0 bridgehead atoms. The van der Waals surface area contributed by atoms with Crippen LogP contribution in [0.4, 0.5) is 0 Å². The molecule has 1 unspecified atom stereocenters. The Morgan fingerprint density at radius 2 is 2.00 bits per heavy atom. The monoisotopic (exact) mass is 372 g/mol. The first kappa shape index (κ1) is 20.9. The lowest BCUT2D eigenvalue weighted by molar-refractivity contribution is -0.150. The number of ketones is 1. The first-order valence-corrected chi connectivity index (χ1v) is 9.12. The van der Waals surface area contributed by atoms with Crippen LogP contribution in [-0.4, -0.2) is 30.9 Å². The molecule has 0 spiro atoms. The van der Waals surface area contributed by atoms with Crippen LogP contribution in [0.3, 0.4) is 0 Å². The molecule has 1 saturated carbocycles. The van der Waals surface area contributed by atoms with E-state index in [9.17, 15) is 14.4 Å². The Bertz CT molecular complexity index is 751. The minimum Gasteiger partial charge on any atom is -0.466 e. The van der Waals surface area contributed by atoms with E-state index in [1.807, 2.05) is 26.8 Å². The van der Waals surface area contributed by atoms with Crippen LogP contribution in [0.2, 0.25) is 0 Å². The molecule has 146 valence electrons. The van der Waals surface area contributed by atoms with E-state index in [2.05, 4.69) is 6.58 Å². The number of methoxy groups -OCH3 is 1. The third-order valence-corrected chi connectivity index (χ3v) is 5.62. The number of ether oxygens (including phenoxy) is 2. The molecule has 1 fully saturated rings. The van der Waals surface area contributed by atoms with E-state index in [0.717, 1.165) is 5.57 Å². The Balaban J connectivity index is 2.07. The summed E-state index contributed by atoms with van der Waals surface area (Å²) in [4.78, 5) is 36.5. The Labute approximate surface area is 160 Å². The van der Waals surface area contributed by atoms with Gasteiger partial charge in [0.25, 0.3) is 0 Å². The second-order valence-corrected chi connectivity index (χ2v) is 7.75. The van der Waals surface area contributed by atoms with Crippen molar-refractivity contribution < 1.29 is 23.9 Å². The van der Waals surface area contributed by atoms with Gasteiger partial charge in [-0.1, -0.05) is 44.7 Å². The molecular formula is C22H28O5. The standard InChI is InChI=1S/C22H28O5/c1-7-8-9-10-15-14(3)18(12-17(15)23)27-21(25)19-16(22(19,4)5)11-13(2)20(24)26-6/h7-9,11,16,18-19H,1,10,12H2,2-6H3/b9-8+,13-11+/t16-,18?,19+/m1/s1. The molecule has 0 heterocycles. The molecule has 0 aromatic rings. The molecule has 2 aliphatic carbocycles. The summed E-state index contributed by atoms with van der Waals surface area (Å²) in [5.74, 6) is -1.11. The van der Waals surface area contributed by atoms with Gasteiger partial charge in [-0.2, -0.15) is 0 Å². The summed E-state index contributed by atoms with van der Waals surface area (Å²) in [6, 6.07) is 0. The average Bonchev–Trinajstić information content (AvgIpc) is 3.05. The van der Waals surface area contributed by atoms with Crippen molar-refractivity contribution in [3.05, 3.63) is 47.6 Å². The van der Waals surface area contributed by atoms with Crippen LogP contribution in [0.25, 0.3) is 0 Å². The summed E-state index contributed by atoms with van der Waals surface area (Å²) in [5.41, 5.74) is 1.72. The van der Waals surface area contributed by atoms with Crippen molar-refractivity contribution in [2.75, 3.05) is 7.11 Å². The van der Waals surface area contributed by atoms with E-state index < -0.39 is 12.1 Å². The van der Waals surface area contributed by atoms with Gasteiger partial charge in [0.2, 0.25) is 0 Å². The molecule has 0 amide bonds. The first-order chi connectivity index (χ1) is 12.6. The van der Waals surface area contributed by atoms with Gasteiger partial charge in [0.15, 0.2) is 5.78 Å². The Hall–Kier alpha value is -2.43. The molecule has 0 radical (unpaired) electrons. The summed E-state index contributed by atoms with van der Waals surface area (Å²) in [7, 11) is 1.33. The van der Waals surface area contributed by atoms with Gasteiger partial charge in [-0.15, -0.1) is 0 Å². The normalized spacial score (nSPS) is 27.1. The van der Waals surface area contributed by atoms with Crippen LogP contribution in [0.1, 0.15) is 40.5 Å². The van der Waals surface area contributed by atoms with Gasteiger partial charge in [-0.25, -0.2) is 4.79 Å². The molecule has 0 saturated heterocycles. The van der Waals surface area contributed by atoms with Crippen LogP contribution < -0.4 is 0 Å². The van der Waals surface area contributed by atoms with Crippen molar-refractivity contribution in [3.63, 3.8) is 0 Å². The van der Waals surface area contributed by atoms with Crippen LogP contribution in [0.15, 0.2) is 47.6 Å². The van der Waals surface area contributed by atoms with Crippen LogP contribution in [0.5, 0.6) is 0 Å². The number of hydrogen-bond acceptors (Lipinski definition) is 5. The fourth-order valence-electron chi connectivity index (χ4n) is 3.70. The highest BCUT2D eigenvalue weighted by Crippen LogP contribution is 2.60. The van der Waals surface area contributed by atoms with Crippen molar-refractivity contribution in [3.8, 4) is 0 Å². The first-order valence-electron chi connectivity index (χ1n) is 9.12. The van der Waals surface area contributed by atoms with Gasteiger partial charge in [0, 0.05) is 11.1 Å². The molecule has 5 heteroatoms. The summed E-state index contributed by atoms with van der Waals surface area (Å²) in [6.45, 7) is 11.1. The predicted octanol–water partition coefficient (Wildman–Crippen LogP) is 3.71. The summed E-state index contributed by atoms with van der Waals surface area (Å²) < 4.78 is 10.4. The molecule has 0 N–H and O–H groups in total. The second kappa shape index (κ2) is 8.07. The van der Waals surface area contributed by atoms with Gasteiger partial charge in [0.05, 0.1) is 19.4 Å². The SMILES string of the molecule is C=C/C=C/CC1=C(C)C(OC(=O)[C@@H]2[C@@H](/C=C(\C)C(=O)OC)C2(C)C)CC1=O. The lowest BCUT2D eigenvalue weighted by atomic mass is 10.1. The van der Waals surface area contributed by atoms with E-state index in [0.29, 0.717) is 17.6 Å². The maximum Gasteiger partial charge on any atom is 0.333 e. The summed E-state index contributed by atoms with van der Waals surface area (Å²) in [6.07, 6.45) is 7.32. The number of rotatable bonds is 7. The summed E-state index contributed by atoms with van der Waals surface area (Å²) >= 11 is 0. The molecule has 0 aromatic heterocycles. The topological polar surface area (TPSA) is 69.7 Å². The number of carbonyl (C=O) groups is 3. The van der Waals surface area contributed by atoms with Crippen molar-refractivity contribution in [1.29, 1.82) is 0 Å². The van der Waals surface area contributed by atoms with Gasteiger partial charge in [-0.3, -0.25) is 9.59 Å². The van der Waals surface area contributed by atoms with Crippen molar-refractivity contribution in [2.24, 2.45) is 17.3 Å². The fraction of sp³-hybridized carbons (Fsp3) is 0.500. The van der Waals surface area contributed by atoms with E-state index in [1.54, 1.807) is 25.2 Å². The zero-order chi connectivity index (χ0) is 20.4. The Morgan fingerprint density at radius 3 is 2.59 bits per heavy atom. The van der Waals surface area contributed by atoms with Crippen molar-refractivity contribution >= 4 is 17.7 Å². The van der Waals surface area contributed by atoms with E-state index in [-0.39, 0.29) is 35.4 Å². The third kappa shape index (κ3) is 4.29. The van der Waals surface area contributed by atoms with Gasteiger partial charge < -0.3 is 9.47 Å². The lowest BCUT2D eigenvalue weighted by Crippen LogP contribution is -2.20. The molecule has 3 atom stereocenters. The van der Waals surface area contributed by atoms with Gasteiger partial charge >= 0.3 is 11.9 Å². The third-order valence-electron chi connectivity index (χ3n) is 5.62. The van der Waals surface area contributed by atoms with Crippen LogP contribution in [0, 0.1) is 17.3 Å². The maximum atomic E-state index is 12.7. The zero-order valence-electron chi connectivity index (χ0n) is 16.7. The van der Waals surface area contributed by atoms with Crippen LogP contribution >= 0.6 is 0 Å². The number of hydrogen-bond donors (Lipinski definition) is 0. The van der Waals surface area contributed by atoms with Crippen LogP contribution in [-0.2, 0) is 23.9 Å². The Morgan fingerprint density at radius 1 is 1.33 bits per heavy atom. The van der Waals surface area contributed by atoms with E-state index in [4.69, 9.17) is 9.47 Å². The molecule has 5 nitrogen and oxygen atoms in total. The predicted molar refractivity (Wildman–Crippen MR) is 103 cm³/mol. The van der Waals surface area contributed by atoms with Gasteiger partial charge in [-0.05, 0) is 37.2 Å². The highest BCUT2D eigenvalue weighted by molar-refractivity contribution is 6.00. The number of carbonyl (C=O) groups excluding carboxylic acids is 3.